The number of anilines is 1. The molecule has 4 rings (SSSR count). The van der Waals surface area contributed by atoms with E-state index in [1.165, 1.54) is 4.90 Å². The monoisotopic (exact) mass is 474 g/mol. The number of aromatic nitrogens is 3. The summed E-state index contributed by atoms with van der Waals surface area (Å²) < 4.78 is 0. The average Bonchev–Trinajstić information content (AvgIpc) is 2.83. The second-order valence-corrected chi connectivity index (χ2v) is 9.64. The summed E-state index contributed by atoms with van der Waals surface area (Å²) in [6.07, 6.45) is 2.49. The summed E-state index contributed by atoms with van der Waals surface area (Å²) in [5, 5.41) is 15.3. The van der Waals surface area contributed by atoms with E-state index in [0.29, 0.717) is 30.3 Å². The number of fused-ring (bicyclic) bond motifs is 1. The number of rotatable bonds is 4. The fourth-order valence-corrected chi connectivity index (χ4v) is 4.31. The van der Waals surface area contributed by atoms with E-state index in [4.69, 9.17) is 9.97 Å². The van der Waals surface area contributed by atoms with Crippen molar-refractivity contribution in [3.63, 3.8) is 0 Å². The van der Waals surface area contributed by atoms with Crippen molar-refractivity contribution in [3.05, 3.63) is 60.0 Å². The highest BCUT2D eigenvalue weighted by Gasteiger charge is 2.39. The van der Waals surface area contributed by atoms with Crippen molar-refractivity contribution in [2.75, 3.05) is 18.4 Å². The number of nitrogens with zero attached hydrogens (tertiary/aromatic N) is 4. The zero-order valence-electron chi connectivity index (χ0n) is 20.4. The number of urea groups is 1. The number of carbonyl (C=O) groups is 2. The van der Waals surface area contributed by atoms with E-state index in [-0.39, 0.29) is 23.9 Å². The molecule has 9 nitrogen and oxygen atoms in total. The first-order valence-electron chi connectivity index (χ1n) is 11.6. The first-order chi connectivity index (χ1) is 16.7. The summed E-state index contributed by atoms with van der Waals surface area (Å²) in [7, 11) is 0. The number of amides is 3. The molecule has 0 aliphatic carbocycles. The molecule has 3 N–H and O–H groups in total. The van der Waals surface area contributed by atoms with Crippen molar-refractivity contribution >= 4 is 17.8 Å². The third-order valence-electron chi connectivity index (χ3n) is 6.12. The summed E-state index contributed by atoms with van der Waals surface area (Å²) >= 11 is 0. The van der Waals surface area contributed by atoms with Crippen molar-refractivity contribution in [3.8, 4) is 22.6 Å². The smallest absolute Gasteiger partial charge is 0.407 e. The number of benzene rings is 1. The molecule has 9 heteroatoms. The lowest BCUT2D eigenvalue weighted by Gasteiger charge is -2.40. The van der Waals surface area contributed by atoms with Crippen LogP contribution in [-0.2, 0) is 6.54 Å². The molecule has 2 aromatic heterocycles. The van der Waals surface area contributed by atoms with Gasteiger partial charge in [0.05, 0.1) is 17.9 Å². The fourth-order valence-electron chi connectivity index (χ4n) is 4.31. The largest absolute Gasteiger partial charge is 0.465 e. The highest BCUT2D eigenvalue weighted by molar-refractivity contribution is 5.89. The van der Waals surface area contributed by atoms with Crippen molar-refractivity contribution in [2.24, 2.45) is 5.41 Å². The molecule has 1 atom stereocenters. The minimum atomic E-state index is -0.962. The molecule has 3 amide bonds. The Kier molecular flexibility index (Phi) is 6.68. The third kappa shape index (κ3) is 5.24. The van der Waals surface area contributed by atoms with Crippen molar-refractivity contribution in [1.29, 1.82) is 0 Å². The number of nitrogens with one attached hydrogen (secondary N) is 2. The highest BCUT2D eigenvalue weighted by atomic mass is 16.4. The lowest BCUT2D eigenvalue weighted by atomic mass is 9.73. The van der Waals surface area contributed by atoms with Crippen LogP contribution in [0.5, 0.6) is 0 Å². The second kappa shape index (κ2) is 9.69. The first kappa shape index (κ1) is 24.1. The summed E-state index contributed by atoms with van der Waals surface area (Å²) in [6, 6.07) is 10.8. The zero-order valence-corrected chi connectivity index (χ0v) is 20.4. The van der Waals surface area contributed by atoms with Crippen LogP contribution in [0.25, 0.3) is 22.6 Å². The normalized spacial score (nSPS) is 15.3. The predicted octanol–water partition coefficient (Wildman–Crippen LogP) is 4.97. The van der Waals surface area contributed by atoms with E-state index in [2.05, 4.69) is 36.4 Å². The number of hydrogen-bond acceptors (Lipinski definition) is 5. The Morgan fingerprint density at radius 1 is 1.06 bits per heavy atom. The first-order valence-corrected chi connectivity index (χ1v) is 11.6. The third-order valence-corrected chi connectivity index (χ3v) is 6.12. The van der Waals surface area contributed by atoms with Gasteiger partial charge in [-0.3, -0.25) is 4.98 Å². The van der Waals surface area contributed by atoms with Gasteiger partial charge in [0, 0.05) is 53.8 Å². The Morgan fingerprint density at radius 2 is 1.74 bits per heavy atom. The minimum Gasteiger partial charge on any atom is -0.465 e. The Labute approximate surface area is 204 Å². The average molecular weight is 475 g/mol. The lowest BCUT2D eigenvalue weighted by Crippen LogP contribution is -2.42. The van der Waals surface area contributed by atoms with Gasteiger partial charge in [-0.25, -0.2) is 19.6 Å². The molecule has 0 radical (unpaired) electrons. The van der Waals surface area contributed by atoms with E-state index in [1.54, 1.807) is 24.5 Å². The molecule has 0 saturated heterocycles. The molecule has 0 fully saturated rings. The van der Waals surface area contributed by atoms with Crippen molar-refractivity contribution in [2.45, 2.75) is 40.2 Å². The Balaban J connectivity index is 1.83. The van der Waals surface area contributed by atoms with Gasteiger partial charge in [-0.1, -0.05) is 20.8 Å². The quantitative estimate of drug-likeness (QED) is 0.491. The molecule has 0 saturated carbocycles. The number of carbonyl (C=O) groups excluding carboxylic acids is 1. The van der Waals surface area contributed by atoms with Gasteiger partial charge < -0.3 is 20.6 Å². The van der Waals surface area contributed by atoms with Crippen LogP contribution in [0.15, 0.2) is 48.8 Å². The SMILES string of the molecule is CCNC(=O)Nc1ccc(-c2nc3c(c(-c4ccncc4)n2)C(C(C)(C)C)CN(C(=O)O)C3)cc1. The van der Waals surface area contributed by atoms with E-state index in [1.807, 2.05) is 31.2 Å². The van der Waals surface area contributed by atoms with E-state index < -0.39 is 6.09 Å². The molecule has 0 bridgehead atoms. The maximum absolute atomic E-state index is 12.0. The lowest BCUT2D eigenvalue weighted by molar-refractivity contribution is 0.120. The zero-order chi connectivity index (χ0) is 25.2. The van der Waals surface area contributed by atoms with Crippen molar-refractivity contribution < 1.29 is 14.7 Å². The number of hydrogen-bond donors (Lipinski definition) is 3. The predicted molar refractivity (Wildman–Crippen MR) is 134 cm³/mol. The topological polar surface area (TPSA) is 120 Å². The van der Waals surface area contributed by atoms with E-state index in [0.717, 1.165) is 22.4 Å². The van der Waals surface area contributed by atoms with Gasteiger partial charge in [0.1, 0.15) is 0 Å². The van der Waals surface area contributed by atoms with Gasteiger partial charge in [0.15, 0.2) is 5.82 Å². The molecule has 3 aromatic rings. The molecule has 0 spiro atoms. The molecule has 3 heterocycles. The van der Waals surface area contributed by atoms with Crippen LogP contribution in [-0.4, -0.2) is 50.2 Å². The fraction of sp³-hybridized carbons (Fsp3) is 0.346. The van der Waals surface area contributed by atoms with Gasteiger partial charge in [0.25, 0.3) is 0 Å². The van der Waals surface area contributed by atoms with Crippen LogP contribution in [0.2, 0.25) is 0 Å². The van der Waals surface area contributed by atoms with Crippen LogP contribution in [0.1, 0.15) is 44.9 Å². The molecule has 1 unspecified atom stereocenters. The van der Waals surface area contributed by atoms with Gasteiger partial charge in [-0.15, -0.1) is 0 Å². The summed E-state index contributed by atoms with van der Waals surface area (Å²) in [6.45, 7) is 9.29. The van der Waals surface area contributed by atoms with Gasteiger partial charge >= 0.3 is 12.1 Å². The number of carboxylic acid groups (broad SMARTS) is 1. The standard InChI is InChI=1S/C26H30N6O3/c1-5-28-24(33)29-18-8-6-17(7-9-18)23-30-20-15-32(25(34)35)14-19(26(2,3)4)21(20)22(31-23)16-10-12-27-13-11-16/h6-13,19H,5,14-15H2,1-4H3,(H,34,35)(H2,28,29,33). The summed E-state index contributed by atoms with van der Waals surface area (Å²) in [4.78, 5) is 39.2. The molecule has 182 valence electrons. The summed E-state index contributed by atoms with van der Waals surface area (Å²) in [5.41, 5.74) is 4.61. The highest BCUT2D eigenvalue weighted by Crippen LogP contribution is 2.44. The van der Waals surface area contributed by atoms with Crippen molar-refractivity contribution in [1.82, 2.24) is 25.2 Å². The molecular formula is C26H30N6O3. The van der Waals surface area contributed by atoms with Gasteiger partial charge in [0.2, 0.25) is 0 Å². The molecule has 1 aliphatic rings. The molecular weight excluding hydrogens is 444 g/mol. The van der Waals surface area contributed by atoms with Crippen LogP contribution >= 0.6 is 0 Å². The van der Waals surface area contributed by atoms with E-state index in [9.17, 15) is 14.7 Å². The minimum absolute atomic E-state index is 0.0804. The molecule has 1 aromatic carbocycles. The van der Waals surface area contributed by atoms with Crippen LogP contribution in [0.3, 0.4) is 0 Å². The molecule has 1 aliphatic heterocycles. The summed E-state index contributed by atoms with van der Waals surface area (Å²) in [5.74, 6) is 0.420. The van der Waals surface area contributed by atoms with Gasteiger partial charge in [-0.2, -0.15) is 0 Å². The number of pyridine rings is 1. The Morgan fingerprint density at radius 3 is 2.34 bits per heavy atom. The van der Waals surface area contributed by atoms with Crippen LogP contribution in [0.4, 0.5) is 15.3 Å². The van der Waals surface area contributed by atoms with Crippen LogP contribution in [0, 0.1) is 5.41 Å². The maximum Gasteiger partial charge on any atom is 0.407 e. The Bertz CT molecular complexity index is 1220. The second-order valence-electron chi connectivity index (χ2n) is 9.64. The van der Waals surface area contributed by atoms with Gasteiger partial charge in [-0.05, 0) is 48.7 Å². The maximum atomic E-state index is 12.0. The van der Waals surface area contributed by atoms with E-state index >= 15 is 0 Å². The molecule has 35 heavy (non-hydrogen) atoms. The Hall–Kier alpha value is -4.01. The van der Waals surface area contributed by atoms with Crippen LogP contribution < -0.4 is 10.6 Å².